The molecule has 1 N–H and O–H groups in total. The lowest BCUT2D eigenvalue weighted by Crippen LogP contribution is -2.37. The highest BCUT2D eigenvalue weighted by molar-refractivity contribution is 5.64. The summed E-state index contributed by atoms with van der Waals surface area (Å²) >= 11 is 0. The number of likely N-dealkylation sites (tertiary alicyclic amines) is 1. The van der Waals surface area contributed by atoms with Crippen LogP contribution in [-0.4, -0.2) is 50.7 Å². The Morgan fingerprint density at radius 1 is 1.14 bits per heavy atom. The smallest absolute Gasteiger partial charge is 0.240 e. The zero-order chi connectivity index (χ0) is 19.3. The summed E-state index contributed by atoms with van der Waals surface area (Å²) in [5, 5.41) is 7.58. The molecule has 0 aliphatic carbocycles. The van der Waals surface area contributed by atoms with E-state index in [1.807, 2.05) is 37.3 Å². The number of nitrogens with zero attached hydrogens (tertiary/aromatic N) is 5. The molecular formula is C21H26N6O. The number of rotatable bonds is 7. The molecule has 1 saturated heterocycles. The second-order valence-corrected chi connectivity index (χ2v) is 7.13. The molecule has 0 saturated carbocycles. The average molecular weight is 378 g/mol. The van der Waals surface area contributed by atoms with Crippen LogP contribution in [0.25, 0.3) is 22.6 Å². The van der Waals surface area contributed by atoms with E-state index in [4.69, 9.17) is 4.52 Å². The molecular weight excluding hydrogens is 352 g/mol. The van der Waals surface area contributed by atoms with Crippen LogP contribution >= 0.6 is 0 Å². The zero-order valence-electron chi connectivity index (χ0n) is 16.4. The van der Waals surface area contributed by atoms with Crippen molar-refractivity contribution in [3.63, 3.8) is 0 Å². The summed E-state index contributed by atoms with van der Waals surface area (Å²) in [6.07, 6.45) is 4.32. The quantitative estimate of drug-likeness (QED) is 0.677. The first-order chi connectivity index (χ1) is 13.7. The van der Waals surface area contributed by atoms with Gasteiger partial charge in [-0.25, -0.2) is 9.97 Å². The Morgan fingerprint density at radius 2 is 1.96 bits per heavy atom. The summed E-state index contributed by atoms with van der Waals surface area (Å²) < 4.78 is 5.41. The number of aryl methyl sites for hydroxylation is 1. The summed E-state index contributed by atoms with van der Waals surface area (Å²) in [5.41, 5.74) is 2.87. The minimum absolute atomic E-state index is 0.597. The third kappa shape index (κ3) is 4.26. The molecule has 28 heavy (non-hydrogen) atoms. The maximum absolute atomic E-state index is 5.41. The van der Waals surface area contributed by atoms with Gasteiger partial charge in [0, 0.05) is 29.9 Å². The van der Waals surface area contributed by atoms with Gasteiger partial charge in [-0.05, 0) is 38.9 Å². The van der Waals surface area contributed by atoms with Crippen LogP contribution in [0.5, 0.6) is 0 Å². The van der Waals surface area contributed by atoms with E-state index in [1.54, 1.807) is 6.20 Å². The molecule has 0 bridgehead atoms. The van der Waals surface area contributed by atoms with Crippen molar-refractivity contribution in [2.24, 2.45) is 0 Å². The van der Waals surface area contributed by atoms with Crippen molar-refractivity contribution in [2.45, 2.75) is 39.3 Å². The third-order valence-corrected chi connectivity index (χ3v) is 5.24. The molecule has 1 aliphatic rings. The molecule has 3 heterocycles. The van der Waals surface area contributed by atoms with Crippen LogP contribution < -0.4 is 5.32 Å². The predicted molar refractivity (Wildman–Crippen MR) is 107 cm³/mol. The molecule has 1 atom stereocenters. The highest BCUT2D eigenvalue weighted by atomic mass is 16.5. The molecule has 3 aromatic rings. The minimum Gasteiger partial charge on any atom is -0.338 e. The average Bonchev–Trinajstić information content (AvgIpc) is 3.37. The lowest BCUT2D eigenvalue weighted by atomic mass is 10.1. The summed E-state index contributed by atoms with van der Waals surface area (Å²) in [7, 11) is 0. The third-order valence-electron chi connectivity index (χ3n) is 5.24. The fourth-order valence-electron chi connectivity index (χ4n) is 3.74. The summed E-state index contributed by atoms with van der Waals surface area (Å²) in [6, 6.07) is 10.5. The van der Waals surface area contributed by atoms with E-state index in [0.29, 0.717) is 24.3 Å². The predicted octanol–water partition coefficient (Wildman–Crippen LogP) is 3.08. The van der Waals surface area contributed by atoms with E-state index in [2.05, 4.69) is 37.2 Å². The number of aromatic nitrogens is 4. The lowest BCUT2D eigenvalue weighted by molar-refractivity contribution is 0.256. The monoisotopic (exact) mass is 378 g/mol. The van der Waals surface area contributed by atoms with Crippen molar-refractivity contribution in [2.75, 3.05) is 19.6 Å². The van der Waals surface area contributed by atoms with E-state index < -0.39 is 0 Å². The molecule has 1 aromatic carbocycles. The number of hydrogen-bond donors (Lipinski definition) is 1. The van der Waals surface area contributed by atoms with Gasteiger partial charge in [0.05, 0.1) is 12.2 Å². The van der Waals surface area contributed by atoms with Gasteiger partial charge in [0.25, 0.3) is 0 Å². The maximum Gasteiger partial charge on any atom is 0.240 e. The number of nitrogens with one attached hydrogen (secondary N) is 1. The number of likely N-dealkylation sites (N-methyl/N-ethyl adjacent to an activating group) is 1. The van der Waals surface area contributed by atoms with Gasteiger partial charge in [-0.1, -0.05) is 36.3 Å². The van der Waals surface area contributed by atoms with Crippen molar-refractivity contribution in [1.82, 2.24) is 30.3 Å². The molecule has 7 heteroatoms. The van der Waals surface area contributed by atoms with Gasteiger partial charge in [0.1, 0.15) is 5.82 Å². The van der Waals surface area contributed by atoms with Crippen LogP contribution in [-0.2, 0) is 6.54 Å². The summed E-state index contributed by atoms with van der Waals surface area (Å²) in [6.45, 7) is 7.98. The van der Waals surface area contributed by atoms with Gasteiger partial charge < -0.3 is 9.84 Å². The van der Waals surface area contributed by atoms with Gasteiger partial charge >= 0.3 is 0 Å². The Balaban J connectivity index is 1.36. The highest BCUT2D eigenvalue weighted by Gasteiger charge is 2.22. The van der Waals surface area contributed by atoms with Crippen molar-refractivity contribution >= 4 is 0 Å². The van der Waals surface area contributed by atoms with E-state index in [0.717, 1.165) is 35.7 Å². The topological polar surface area (TPSA) is 80.0 Å². The van der Waals surface area contributed by atoms with Gasteiger partial charge in [0.2, 0.25) is 11.7 Å². The van der Waals surface area contributed by atoms with Gasteiger partial charge in [0.15, 0.2) is 0 Å². The fourth-order valence-corrected chi connectivity index (χ4v) is 3.74. The standard InChI is InChI=1S/C21H26N6O/c1-3-27-12-4-5-18(27)13-22-14-20-25-21(26-28-20)17-8-6-16(7-9-17)19-10-11-23-15(2)24-19/h6-11,18,22H,3-5,12-14H2,1-2H3. The molecule has 1 unspecified atom stereocenters. The van der Waals surface area contributed by atoms with Gasteiger partial charge in [-0.2, -0.15) is 4.98 Å². The van der Waals surface area contributed by atoms with Crippen molar-refractivity contribution in [3.05, 3.63) is 48.2 Å². The summed E-state index contributed by atoms with van der Waals surface area (Å²) in [5.74, 6) is 1.99. The van der Waals surface area contributed by atoms with Crippen molar-refractivity contribution < 1.29 is 4.52 Å². The SMILES string of the molecule is CCN1CCCC1CNCc1nc(-c2ccc(-c3ccnc(C)n3)cc2)no1. The number of hydrogen-bond acceptors (Lipinski definition) is 7. The molecule has 4 rings (SSSR count). The first-order valence-electron chi connectivity index (χ1n) is 9.90. The molecule has 0 radical (unpaired) electrons. The van der Waals surface area contributed by atoms with E-state index in [1.165, 1.54) is 19.4 Å². The Labute approximate surface area is 165 Å². The normalized spacial score (nSPS) is 17.3. The van der Waals surface area contributed by atoms with Crippen LogP contribution in [0.3, 0.4) is 0 Å². The highest BCUT2D eigenvalue weighted by Crippen LogP contribution is 2.22. The molecule has 7 nitrogen and oxygen atoms in total. The van der Waals surface area contributed by atoms with Crippen LogP contribution in [0.1, 0.15) is 31.5 Å². The zero-order valence-corrected chi connectivity index (χ0v) is 16.4. The minimum atomic E-state index is 0.597. The first-order valence-corrected chi connectivity index (χ1v) is 9.90. The largest absolute Gasteiger partial charge is 0.338 e. The Hall–Kier alpha value is -2.64. The lowest BCUT2D eigenvalue weighted by Gasteiger charge is -2.22. The molecule has 2 aromatic heterocycles. The van der Waals surface area contributed by atoms with Crippen LogP contribution in [0.4, 0.5) is 0 Å². The molecule has 0 spiro atoms. The first kappa shape index (κ1) is 18.7. The maximum atomic E-state index is 5.41. The van der Waals surface area contributed by atoms with Crippen molar-refractivity contribution in [3.8, 4) is 22.6 Å². The van der Waals surface area contributed by atoms with Gasteiger partial charge in [-0.15, -0.1) is 0 Å². The van der Waals surface area contributed by atoms with Gasteiger partial charge in [-0.3, -0.25) is 4.90 Å². The molecule has 1 fully saturated rings. The van der Waals surface area contributed by atoms with E-state index in [9.17, 15) is 0 Å². The van der Waals surface area contributed by atoms with Crippen molar-refractivity contribution in [1.29, 1.82) is 0 Å². The second kappa shape index (κ2) is 8.58. The molecule has 1 aliphatic heterocycles. The van der Waals surface area contributed by atoms with E-state index >= 15 is 0 Å². The van der Waals surface area contributed by atoms with E-state index in [-0.39, 0.29) is 0 Å². The Kier molecular flexibility index (Phi) is 5.73. The molecule has 0 amide bonds. The Morgan fingerprint density at radius 3 is 2.75 bits per heavy atom. The van der Waals surface area contributed by atoms with Crippen LogP contribution in [0.15, 0.2) is 41.1 Å². The number of benzene rings is 1. The molecule has 146 valence electrons. The summed E-state index contributed by atoms with van der Waals surface area (Å²) in [4.78, 5) is 15.6. The van der Waals surface area contributed by atoms with Crippen LogP contribution in [0, 0.1) is 6.92 Å². The Bertz CT molecular complexity index is 907. The second-order valence-electron chi connectivity index (χ2n) is 7.13. The fraction of sp³-hybridized carbons (Fsp3) is 0.429. The van der Waals surface area contributed by atoms with Crippen LogP contribution in [0.2, 0.25) is 0 Å².